The first-order valence-electron chi connectivity index (χ1n) is 6.96. The topological polar surface area (TPSA) is 65.4 Å². The van der Waals surface area contributed by atoms with Crippen LogP contribution in [0.1, 0.15) is 12.5 Å². The molecule has 0 saturated heterocycles. The summed E-state index contributed by atoms with van der Waals surface area (Å²) in [4.78, 5) is 12.1. The van der Waals surface area contributed by atoms with Gasteiger partial charge in [-0.25, -0.2) is 0 Å². The molecule has 0 aliphatic carbocycles. The van der Waals surface area contributed by atoms with Crippen molar-refractivity contribution in [2.24, 2.45) is 5.92 Å². The minimum absolute atomic E-state index is 0.00992. The van der Waals surface area contributed by atoms with Crippen molar-refractivity contribution in [3.05, 3.63) is 40.6 Å². The van der Waals surface area contributed by atoms with Gasteiger partial charge in [0.25, 0.3) is 0 Å². The summed E-state index contributed by atoms with van der Waals surface area (Å²) in [7, 11) is 0. The zero-order chi connectivity index (χ0) is 15.5. The number of halogens is 1. The van der Waals surface area contributed by atoms with Gasteiger partial charge in [-0.1, -0.05) is 13.0 Å². The normalized spacial score (nSPS) is 13.9. The van der Waals surface area contributed by atoms with Gasteiger partial charge in [0.15, 0.2) is 11.5 Å². The van der Waals surface area contributed by atoms with Crippen molar-refractivity contribution in [2.75, 3.05) is 6.79 Å². The lowest BCUT2D eigenvalue weighted by molar-refractivity contribution is -0.125. The Labute approximate surface area is 136 Å². The summed E-state index contributed by atoms with van der Waals surface area (Å²) in [6.45, 7) is 3.13. The first kappa shape index (κ1) is 14.9. The third-order valence-corrected chi connectivity index (χ3v) is 3.82. The highest BCUT2D eigenvalue weighted by atomic mass is 79.9. The van der Waals surface area contributed by atoms with Gasteiger partial charge >= 0.3 is 0 Å². The van der Waals surface area contributed by atoms with Crippen LogP contribution in [0.15, 0.2) is 35.1 Å². The quantitative estimate of drug-likeness (QED) is 0.882. The van der Waals surface area contributed by atoms with Crippen molar-refractivity contribution >= 4 is 21.8 Å². The van der Waals surface area contributed by atoms with Gasteiger partial charge in [0.2, 0.25) is 12.7 Å². The summed E-state index contributed by atoms with van der Waals surface area (Å²) in [6.07, 6.45) is 3.55. The zero-order valence-electron chi connectivity index (χ0n) is 12.1. The maximum atomic E-state index is 12.1. The number of aromatic nitrogens is 2. The Kier molecular flexibility index (Phi) is 4.33. The SMILES string of the molecule is C[C@H](Cn1cc(Br)cn1)C(=O)NCc1ccc2c(c1)OCO2. The van der Waals surface area contributed by atoms with Crippen LogP contribution in [0.3, 0.4) is 0 Å². The van der Waals surface area contributed by atoms with Gasteiger partial charge in [0.05, 0.1) is 23.1 Å². The van der Waals surface area contributed by atoms with E-state index in [9.17, 15) is 4.79 Å². The van der Waals surface area contributed by atoms with Crippen LogP contribution in [0.4, 0.5) is 0 Å². The predicted octanol–water partition coefficient (Wildman–Crippen LogP) is 2.33. The number of carbonyl (C=O) groups is 1. The molecule has 0 fully saturated rings. The van der Waals surface area contributed by atoms with E-state index in [1.807, 2.05) is 31.3 Å². The molecule has 1 aromatic heterocycles. The van der Waals surface area contributed by atoms with Crippen molar-refractivity contribution in [1.82, 2.24) is 15.1 Å². The molecule has 1 atom stereocenters. The molecule has 0 radical (unpaired) electrons. The smallest absolute Gasteiger partial charge is 0.231 e. The van der Waals surface area contributed by atoms with Crippen molar-refractivity contribution in [2.45, 2.75) is 20.0 Å². The number of hydrogen-bond donors (Lipinski definition) is 1. The van der Waals surface area contributed by atoms with Crippen molar-refractivity contribution in [3.63, 3.8) is 0 Å². The van der Waals surface area contributed by atoms with E-state index < -0.39 is 0 Å². The molecule has 1 amide bonds. The van der Waals surface area contributed by atoms with E-state index in [1.54, 1.807) is 10.9 Å². The summed E-state index contributed by atoms with van der Waals surface area (Å²) in [5.41, 5.74) is 0.978. The maximum absolute atomic E-state index is 12.1. The number of benzene rings is 1. The zero-order valence-corrected chi connectivity index (χ0v) is 13.7. The highest BCUT2D eigenvalue weighted by molar-refractivity contribution is 9.10. The minimum atomic E-state index is -0.166. The second kappa shape index (κ2) is 6.39. The summed E-state index contributed by atoms with van der Waals surface area (Å²) in [5.74, 6) is 1.29. The molecule has 0 saturated carbocycles. The van der Waals surface area contributed by atoms with E-state index in [1.165, 1.54) is 0 Å². The predicted molar refractivity (Wildman–Crippen MR) is 83.5 cm³/mol. The van der Waals surface area contributed by atoms with Gasteiger partial charge in [-0.2, -0.15) is 5.10 Å². The van der Waals surface area contributed by atoms with E-state index >= 15 is 0 Å². The number of ether oxygens (including phenoxy) is 2. The molecule has 0 spiro atoms. The van der Waals surface area contributed by atoms with Crippen LogP contribution in [0.25, 0.3) is 0 Å². The van der Waals surface area contributed by atoms with Crippen LogP contribution in [-0.4, -0.2) is 22.5 Å². The summed E-state index contributed by atoms with van der Waals surface area (Å²) in [5, 5.41) is 7.08. The Morgan fingerprint density at radius 1 is 1.45 bits per heavy atom. The third kappa shape index (κ3) is 3.41. The standard InChI is InChI=1S/C15H16BrN3O3/c1-10(7-19-8-12(16)6-18-19)15(20)17-5-11-2-3-13-14(4-11)22-9-21-13/h2-4,6,8,10H,5,7,9H2,1H3,(H,17,20)/t10-/m1/s1. The van der Waals surface area contributed by atoms with Crippen LogP contribution in [0.2, 0.25) is 0 Å². The lowest BCUT2D eigenvalue weighted by Crippen LogP contribution is -2.31. The maximum Gasteiger partial charge on any atom is 0.231 e. The van der Waals surface area contributed by atoms with Crippen molar-refractivity contribution < 1.29 is 14.3 Å². The molecule has 1 aliphatic heterocycles. The Hall–Kier alpha value is -2.02. The second-order valence-electron chi connectivity index (χ2n) is 5.19. The monoisotopic (exact) mass is 365 g/mol. The summed E-state index contributed by atoms with van der Waals surface area (Å²) >= 11 is 3.34. The molecular formula is C15H16BrN3O3. The van der Waals surface area contributed by atoms with E-state index in [-0.39, 0.29) is 18.6 Å². The molecule has 2 heterocycles. The first-order valence-corrected chi connectivity index (χ1v) is 7.75. The van der Waals surface area contributed by atoms with Gasteiger partial charge < -0.3 is 14.8 Å². The molecule has 2 aromatic rings. The van der Waals surface area contributed by atoms with Crippen LogP contribution < -0.4 is 14.8 Å². The molecule has 1 aliphatic rings. The minimum Gasteiger partial charge on any atom is -0.454 e. The van der Waals surface area contributed by atoms with Gasteiger partial charge in [0.1, 0.15) is 0 Å². The fourth-order valence-electron chi connectivity index (χ4n) is 2.22. The number of rotatable bonds is 5. The molecule has 6 nitrogen and oxygen atoms in total. The van der Waals surface area contributed by atoms with Crippen LogP contribution in [0.5, 0.6) is 11.5 Å². The van der Waals surface area contributed by atoms with Crippen LogP contribution >= 0.6 is 15.9 Å². The van der Waals surface area contributed by atoms with Gasteiger partial charge in [-0.05, 0) is 33.6 Å². The Morgan fingerprint density at radius 3 is 3.05 bits per heavy atom. The van der Waals surface area contributed by atoms with Crippen molar-refractivity contribution in [3.8, 4) is 11.5 Å². The fourth-order valence-corrected chi connectivity index (χ4v) is 2.54. The summed E-state index contributed by atoms with van der Waals surface area (Å²) in [6, 6.07) is 5.66. The first-order chi connectivity index (χ1) is 10.6. The lowest BCUT2D eigenvalue weighted by atomic mass is 10.1. The molecule has 7 heteroatoms. The number of nitrogens with one attached hydrogen (secondary N) is 1. The van der Waals surface area contributed by atoms with E-state index in [0.717, 1.165) is 21.5 Å². The lowest BCUT2D eigenvalue weighted by Gasteiger charge is -2.12. The van der Waals surface area contributed by atoms with Gasteiger partial charge in [-0.3, -0.25) is 9.48 Å². The van der Waals surface area contributed by atoms with E-state index in [0.29, 0.717) is 13.1 Å². The Balaban J connectivity index is 1.53. The molecule has 22 heavy (non-hydrogen) atoms. The van der Waals surface area contributed by atoms with E-state index in [2.05, 4.69) is 26.3 Å². The highest BCUT2D eigenvalue weighted by Crippen LogP contribution is 2.32. The summed E-state index contributed by atoms with van der Waals surface area (Å²) < 4.78 is 13.2. The average molecular weight is 366 g/mol. The number of hydrogen-bond acceptors (Lipinski definition) is 4. The molecule has 0 unspecified atom stereocenters. The van der Waals surface area contributed by atoms with Crippen LogP contribution in [0, 0.1) is 5.92 Å². The second-order valence-corrected chi connectivity index (χ2v) is 6.10. The fraction of sp³-hybridized carbons (Fsp3) is 0.333. The number of amides is 1. The molecule has 116 valence electrons. The Bertz CT molecular complexity index is 686. The third-order valence-electron chi connectivity index (χ3n) is 3.41. The number of carbonyl (C=O) groups excluding carboxylic acids is 1. The molecule has 1 N–H and O–H groups in total. The van der Waals surface area contributed by atoms with E-state index in [4.69, 9.17) is 9.47 Å². The molecule has 0 bridgehead atoms. The largest absolute Gasteiger partial charge is 0.454 e. The highest BCUT2D eigenvalue weighted by Gasteiger charge is 2.16. The molecular weight excluding hydrogens is 350 g/mol. The number of nitrogens with zero attached hydrogens (tertiary/aromatic N) is 2. The molecule has 1 aromatic carbocycles. The van der Waals surface area contributed by atoms with Crippen LogP contribution in [-0.2, 0) is 17.9 Å². The van der Waals surface area contributed by atoms with Gasteiger partial charge in [0, 0.05) is 12.7 Å². The Morgan fingerprint density at radius 2 is 2.27 bits per heavy atom. The van der Waals surface area contributed by atoms with Crippen molar-refractivity contribution in [1.29, 1.82) is 0 Å². The molecule has 3 rings (SSSR count). The number of fused-ring (bicyclic) bond motifs is 1. The van der Waals surface area contributed by atoms with Gasteiger partial charge in [-0.15, -0.1) is 0 Å². The average Bonchev–Trinajstić information content (AvgIpc) is 3.12.